The zero-order chi connectivity index (χ0) is 14.7. The van der Waals surface area contributed by atoms with Gasteiger partial charge in [0, 0.05) is 13.5 Å². The highest BCUT2D eigenvalue weighted by Gasteiger charge is 2.23. The zero-order valence-corrected chi connectivity index (χ0v) is 12.6. The number of anilines is 1. The summed E-state index contributed by atoms with van der Waals surface area (Å²) >= 11 is 1.13. The van der Waals surface area contributed by atoms with Crippen molar-refractivity contribution in [3.8, 4) is 0 Å². The first-order valence-electron chi connectivity index (χ1n) is 6.98. The molecule has 2 rings (SSSR count). The number of nitrogens with one attached hydrogen (secondary N) is 1. The van der Waals surface area contributed by atoms with Crippen molar-refractivity contribution in [1.82, 2.24) is 4.98 Å². The summed E-state index contributed by atoms with van der Waals surface area (Å²) in [6, 6.07) is 0. The van der Waals surface area contributed by atoms with Crippen LogP contribution in [-0.2, 0) is 0 Å². The topological polar surface area (TPSA) is 79.3 Å². The molecule has 0 aliphatic heterocycles. The number of hydrogen-bond acceptors (Lipinski definition) is 5. The van der Waals surface area contributed by atoms with Crippen LogP contribution in [0.3, 0.4) is 0 Å². The Hall–Kier alpha value is -1.43. The number of carbonyl (C=O) groups excluding carboxylic acids is 1. The Morgan fingerprint density at radius 1 is 1.40 bits per heavy atom. The van der Waals surface area contributed by atoms with E-state index in [4.69, 9.17) is 5.11 Å². The molecule has 2 N–H and O–H groups in total. The predicted molar refractivity (Wildman–Crippen MR) is 78.7 cm³/mol. The van der Waals surface area contributed by atoms with Gasteiger partial charge in [0.2, 0.25) is 0 Å². The Bertz CT molecular complexity index is 481. The van der Waals surface area contributed by atoms with E-state index in [-0.39, 0.29) is 16.4 Å². The molecule has 0 spiro atoms. The van der Waals surface area contributed by atoms with Crippen molar-refractivity contribution < 1.29 is 14.7 Å². The third-order valence-electron chi connectivity index (χ3n) is 3.95. The molecule has 20 heavy (non-hydrogen) atoms. The molecule has 1 aliphatic rings. The summed E-state index contributed by atoms with van der Waals surface area (Å²) in [6.45, 7) is 4.43. The number of rotatable bonds is 5. The quantitative estimate of drug-likeness (QED) is 0.815. The summed E-state index contributed by atoms with van der Waals surface area (Å²) in [5, 5.41) is 12.8. The molecule has 0 radical (unpaired) electrons. The summed E-state index contributed by atoms with van der Waals surface area (Å²) in [4.78, 5) is 26.7. The fourth-order valence-electron chi connectivity index (χ4n) is 2.69. The van der Waals surface area contributed by atoms with Crippen LogP contribution in [0.4, 0.5) is 5.13 Å². The molecule has 110 valence electrons. The summed E-state index contributed by atoms with van der Waals surface area (Å²) < 4.78 is 0. The van der Waals surface area contributed by atoms with Gasteiger partial charge >= 0.3 is 5.97 Å². The van der Waals surface area contributed by atoms with Gasteiger partial charge in [-0.15, -0.1) is 0 Å². The second-order valence-electron chi connectivity index (χ2n) is 5.46. The molecule has 0 bridgehead atoms. The maximum absolute atomic E-state index is 11.4. The van der Waals surface area contributed by atoms with E-state index in [1.54, 1.807) is 0 Å². The van der Waals surface area contributed by atoms with Gasteiger partial charge in [-0.1, -0.05) is 37.5 Å². The van der Waals surface area contributed by atoms with Crippen molar-refractivity contribution in [3.63, 3.8) is 0 Å². The molecule has 0 saturated heterocycles. The maximum Gasteiger partial charge on any atom is 0.356 e. The fourth-order valence-corrected chi connectivity index (χ4v) is 3.55. The Kier molecular flexibility index (Phi) is 4.75. The summed E-state index contributed by atoms with van der Waals surface area (Å²) in [6.07, 6.45) is 5.01. The fraction of sp³-hybridized carbons (Fsp3) is 0.643. The molecule has 1 saturated carbocycles. The average molecular weight is 296 g/mol. The van der Waals surface area contributed by atoms with Crippen molar-refractivity contribution in [2.45, 2.75) is 39.5 Å². The van der Waals surface area contributed by atoms with Gasteiger partial charge in [-0.2, -0.15) is 0 Å². The minimum Gasteiger partial charge on any atom is -0.476 e. The van der Waals surface area contributed by atoms with Gasteiger partial charge in [-0.3, -0.25) is 4.79 Å². The lowest BCUT2D eigenvalue weighted by Crippen LogP contribution is -2.24. The van der Waals surface area contributed by atoms with Crippen molar-refractivity contribution in [2.75, 3.05) is 11.9 Å². The van der Waals surface area contributed by atoms with Gasteiger partial charge < -0.3 is 10.4 Å². The minimum absolute atomic E-state index is 0.137. The Morgan fingerprint density at radius 2 is 2.10 bits per heavy atom. The van der Waals surface area contributed by atoms with Crippen LogP contribution in [0.1, 0.15) is 59.7 Å². The van der Waals surface area contributed by atoms with E-state index in [0.29, 0.717) is 17.0 Å². The van der Waals surface area contributed by atoms with Gasteiger partial charge in [0.15, 0.2) is 16.6 Å². The maximum atomic E-state index is 11.4. The van der Waals surface area contributed by atoms with Gasteiger partial charge in [-0.05, 0) is 18.3 Å². The number of hydrogen-bond donors (Lipinski definition) is 2. The first-order chi connectivity index (χ1) is 9.49. The van der Waals surface area contributed by atoms with Gasteiger partial charge in [-0.25, -0.2) is 9.78 Å². The molecule has 0 aromatic carbocycles. The van der Waals surface area contributed by atoms with Gasteiger partial charge in [0.1, 0.15) is 4.88 Å². The van der Waals surface area contributed by atoms with Crippen molar-refractivity contribution in [1.29, 1.82) is 0 Å². The number of carbonyl (C=O) groups is 2. The second-order valence-corrected chi connectivity index (χ2v) is 6.46. The molecule has 1 aliphatic carbocycles. The smallest absolute Gasteiger partial charge is 0.356 e. The lowest BCUT2D eigenvalue weighted by molar-refractivity contribution is 0.0687. The normalized spacial score (nSPS) is 22.5. The Morgan fingerprint density at radius 3 is 2.65 bits per heavy atom. The standard InChI is InChI=1S/C14H20N2O3S/c1-8-5-3-4-6-10(8)7-15-14-16-11(13(18)19)12(20-14)9(2)17/h8,10H,3-7H2,1-2H3,(H,15,16)(H,18,19). The molecular weight excluding hydrogens is 276 g/mol. The molecule has 1 heterocycles. The lowest BCUT2D eigenvalue weighted by atomic mass is 9.80. The summed E-state index contributed by atoms with van der Waals surface area (Å²) in [7, 11) is 0. The molecule has 1 aromatic rings. The Labute approximate surface area is 122 Å². The number of ketones is 1. The van der Waals surface area contributed by atoms with Crippen molar-refractivity contribution in [2.24, 2.45) is 11.8 Å². The average Bonchev–Trinajstić information content (AvgIpc) is 2.82. The third-order valence-corrected chi connectivity index (χ3v) is 5.07. The number of Topliss-reactive ketones (excluding diaryl/α,β-unsaturated/α-hetero) is 1. The number of aromatic carboxylic acids is 1. The first-order valence-corrected chi connectivity index (χ1v) is 7.79. The molecular formula is C14H20N2O3S. The van der Waals surface area contributed by atoms with Crippen LogP contribution in [0.2, 0.25) is 0 Å². The molecule has 5 nitrogen and oxygen atoms in total. The highest BCUT2D eigenvalue weighted by molar-refractivity contribution is 7.17. The summed E-state index contributed by atoms with van der Waals surface area (Å²) in [5.74, 6) is -0.117. The monoisotopic (exact) mass is 296 g/mol. The van der Waals surface area contributed by atoms with E-state index in [0.717, 1.165) is 17.9 Å². The molecule has 1 fully saturated rings. The third kappa shape index (κ3) is 3.36. The van der Waals surface area contributed by atoms with Crippen LogP contribution < -0.4 is 5.32 Å². The van der Waals surface area contributed by atoms with Crippen LogP contribution in [0.25, 0.3) is 0 Å². The molecule has 2 unspecified atom stereocenters. The van der Waals surface area contributed by atoms with Crippen LogP contribution in [0, 0.1) is 11.8 Å². The Balaban J connectivity index is 2.04. The number of carboxylic acids is 1. The highest BCUT2D eigenvalue weighted by atomic mass is 32.1. The van der Waals surface area contributed by atoms with Gasteiger partial charge in [0.25, 0.3) is 0 Å². The van der Waals surface area contributed by atoms with E-state index in [2.05, 4.69) is 17.2 Å². The van der Waals surface area contributed by atoms with E-state index >= 15 is 0 Å². The molecule has 0 amide bonds. The minimum atomic E-state index is -1.15. The van der Waals surface area contributed by atoms with E-state index in [1.807, 2.05) is 0 Å². The highest BCUT2D eigenvalue weighted by Crippen LogP contribution is 2.30. The van der Waals surface area contributed by atoms with E-state index in [1.165, 1.54) is 32.6 Å². The van der Waals surface area contributed by atoms with E-state index < -0.39 is 5.97 Å². The lowest BCUT2D eigenvalue weighted by Gasteiger charge is -2.28. The van der Waals surface area contributed by atoms with E-state index in [9.17, 15) is 9.59 Å². The van der Waals surface area contributed by atoms with Gasteiger partial charge in [0.05, 0.1) is 0 Å². The van der Waals surface area contributed by atoms with Crippen molar-refractivity contribution >= 4 is 28.2 Å². The van der Waals surface area contributed by atoms with Crippen LogP contribution in [0.15, 0.2) is 0 Å². The largest absolute Gasteiger partial charge is 0.476 e. The SMILES string of the molecule is CC(=O)c1sc(NCC2CCCCC2C)nc1C(=O)O. The summed E-state index contributed by atoms with van der Waals surface area (Å²) in [5.41, 5.74) is -0.137. The predicted octanol–water partition coefficient (Wildman–Crippen LogP) is 3.28. The van der Waals surface area contributed by atoms with Crippen LogP contribution in [0.5, 0.6) is 0 Å². The van der Waals surface area contributed by atoms with Crippen molar-refractivity contribution in [3.05, 3.63) is 10.6 Å². The first kappa shape index (κ1) is 15.0. The van der Waals surface area contributed by atoms with Crippen LogP contribution >= 0.6 is 11.3 Å². The zero-order valence-electron chi connectivity index (χ0n) is 11.8. The number of nitrogens with zero attached hydrogens (tertiary/aromatic N) is 1. The second kappa shape index (κ2) is 6.35. The number of aromatic nitrogens is 1. The number of thiazole rings is 1. The van der Waals surface area contributed by atoms with Crippen LogP contribution in [-0.4, -0.2) is 28.4 Å². The molecule has 2 atom stereocenters. The molecule has 6 heteroatoms. The number of carboxylic acid groups (broad SMARTS) is 1. The molecule has 1 aromatic heterocycles.